The van der Waals surface area contributed by atoms with E-state index in [0.29, 0.717) is 10.9 Å². The highest BCUT2D eigenvalue weighted by Crippen LogP contribution is 2.38. The molecule has 0 spiro atoms. The highest BCUT2D eigenvalue weighted by atomic mass is 35.5. The van der Waals surface area contributed by atoms with Crippen LogP contribution >= 0.6 is 11.6 Å². The molecule has 18 heavy (non-hydrogen) atoms. The zero-order valence-electron chi connectivity index (χ0n) is 10.7. The summed E-state index contributed by atoms with van der Waals surface area (Å²) in [4.78, 5) is 12.2. The molecule has 1 aliphatic rings. The summed E-state index contributed by atoms with van der Waals surface area (Å²) in [6, 6.07) is 7.39. The van der Waals surface area contributed by atoms with Crippen molar-refractivity contribution < 1.29 is 4.79 Å². The van der Waals surface area contributed by atoms with E-state index in [2.05, 4.69) is 5.32 Å². The summed E-state index contributed by atoms with van der Waals surface area (Å²) < 4.78 is 0. The van der Waals surface area contributed by atoms with Crippen LogP contribution in [0.2, 0.25) is 5.02 Å². The average molecular weight is 267 g/mol. The highest BCUT2D eigenvalue weighted by molar-refractivity contribution is 6.31. The van der Waals surface area contributed by atoms with Crippen molar-refractivity contribution in [2.75, 3.05) is 0 Å². The third kappa shape index (κ3) is 2.68. The minimum absolute atomic E-state index is 0.0996. The summed E-state index contributed by atoms with van der Waals surface area (Å²) >= 11 is 6.11. The minimum atomic E-state index is -0.768. The highest BCUT2D eigenvalue weighted by Gasteiger charge is 2.44. The van der Waals surface area contributed by atoms with Crippen molar-refractivity contribution in [3.8, 4) is 0 Å². The van der Waals surface area contributed by atoms with Gasteiger partial charge in [-0.15, -0.1) is 0 Å². The number of hydrogen-bond acceptors (Lipinski definition) is 2. The second-order valence-corrected chi connectivity index (χ2v) is 5.68. The van der Waals surface area contributed by atoms with Gasteiger partial charge in [0.1, 0.15) is 0 Å². The lowest BCUT2D eigenvalue weighted by Crippen LogP contribution is -2.53. The third-order valence-corrected chi connectivity index (χ3v) is 3.98. The number of rotatable bonds is 4. The Kier molecular flexibility index (Phi) is 3.64. The molecule has 1 aromatic carbocycles. The molecule has 1 unspecified atom stereocenters. The van der Waals surface area contributed by atoms with Gasteiger partial charge in [-0.3, -0.25) is 4.79 Å². The van der Waals surface area contributed by atoms with Crippen LogP contribution in [0.1, 0.15) is 38.3 Å². The van der Waals surface area contributed by atoms with Crippen LogP contribution in [-0.4, -0.2) is 11.4 Å². The molecule has 98 valence electrons. The van der Waals surface area contributed by atoms with Crippen LogP contribution in [-0.2, 0) is 4.79 Å². The van der Waals surface area contributed by atoms with E-state index >= 15 is 0 Å². The van der Waals surface area contributed by atoms with Crippen LogP contribution in [0.3, 0.4) is 0 Å². The minimum Gasteiger partial charge on any atom is -0.348 e. The third-order valence-electron chi connectivity index (χ3n) is 3.63. The van der Waals surface area contributed by atoms with E-state index in [4.69, 9.17) is 17.3 Å². The van der Waals surface area contributed by atoms with Crippen molar-refractivity contribution in [2.24, 2.45) is 11.7 Å². The van der Waals surface area contributed by atoms with Crippen LogP contribution in [0.5, 0.6) is 0 Å². The van der Waals surface area contributed by atoms with E-state index in [-0.39, 0.29) is 11.9 Å². The van der Waals surface area contributed by atoms with E-state index in [1.807, 2.05) is 31.2 Å². The summed E-state index contributed by atoms with van der Waals surface area (Å²) in [5.41, 5.74) is 6.23. The first-order chi connectivity index (χ1) is 8.43. The predicted molar refractivity (Wildman–Crippen MR) is 73.3 cm³/mol. The van der Waals surface area contributed by atoms with Gasteiger partial charge in [0.2, 0.25) is 5.91 Å². The number of nitrogens with one attached hydrogen (secondary N) is 1. The van der Waals surface area contributed by atoms with Crippen molar-refractivity contribution >= 4 is 17.5 Å². The first-order valence-electron chi connectivity index (χ1n) is 6.27. The number of halogens is 1. The molecule has 0 aromatic heterocycles. The maximum Gasteiger partial charge on any atom is 0.240 e. The number of carbonyl (C=O) groups excluding carboxylic acids is 1. The van der Waals surface area contributed by atoms with Gasteiger partial charge in [0, 0.05) is 5.02 Å². The molecule has 3 nitrogen and oxygen atoms in total. The molecule has 2 rings (SSSR count). The molecule has 0 saturated heterocycles. The standard InChI is InChI=1S/C14H19ClN2O/c1-9(11-5-3-4-6-12(11)15)17-13(18)14(2,16)10-7-8-10/h3-6,9-10H,7-8,16H2,1-2H3,(H,17,18)/t9-,14?/m1/s1. The molecular formula is C14H19ClN2O. The molecule has 0 bridgehead atoms. The summed E-state index contributed by atoms with van der Waals surface area (Å²) in [6.07, 6.45) is 2.09. The van der Waals surface area contributed by atoms with E-state index in [1.54, 1.807) is 6.92 Å². The van der Waals surface area contributed by atoms with Gasteiger partial charge in [0.15, 0.2) is 0 Å². The molecule has 1 saturated carbocycles. The smallest absolute Gasteiger partial charge is 0.240 e. The number of nitrogens with two attached hydrogens (primary N) is 1. The number of benzene rings is 1. The maximum absolute atomic E-state index is 12.2. The average Bonchev–Trinajstić information content (AvgIpc) is 3.13. The molecule has 0 heterocycles. The van der Waals surface area contributed by atoms with Crippen molar-refractivity contribution in [3.05, 3.63) is 34.9 Å². The lowest BCUT2D eigenvalue weighted by molar-refractivity contribution is -0.127. The topological polar surface area (TPSA) is 55.1 Å². The Morgan fingerprint density at radius 1 is 1.50 bits per heavy atom. The second-order valence-electron chi connectivity index (χ2n) is 5.27. The second kappa shape index (κ2) is 4.90. The number of carbonyl (C=O) groups is 1. The molecule has 3 N–H and O–H groups in total. The summed E-state index contributed by atoms with van der Waals surface area (Å²) in [5, 5.41) is 3.61. The first kappa shape index (κ1) is 13.4. The van der Waals surface area contributed by atoms with Gasteiger partial charge >= 0.3 is 0 Å². The fourth-order valence-corrected chi connectivity index (χ4v) is 2.42. The largest absolute Gasteiger partial charge is 0.348 e. The van der Waals surface area contributed by atoms with Crippen molar-refractivity contribution in [2.45, 2.75) is 38.3 Å². The molecule has 1 aliphatic carbocycles. The fourth-order valence-electron chi connectivity index (χ4n) is 2.12. The van der Waals surface area contributed by atoms with Crippen molar-refractivity contribution in [3.63, 3.8) is 0 Å². The van der Waals surface area contributed by atoms with Crippen molar-refractivity contribution in [1.82, 2.24) is 5.32 Å². The SMILES string of the molecule is C[C@@H](NC(=O)C(C)(N)C1CC1)c1ccccc1Cl. The van der Waals surface area contributed by atoms with Gasteiger partial charge in [-0.25, -0.2) is 0 Å². The molecule has 0 radical (unpaired) electrons. The van der Waals surface area contributed by atoms with Crippen LogP contribution in [0, 0.1) is 5.92 Å². The lowest BCUT2D eigenvalue weighted by Gasteiger charge is -2.26. The Labute approximate surface area is 113 Å². The van der Waals surface area contributed by atoms with Gasteiger partial charge in [0.25, 0.3) is 0 Å². The van der Waals surface area contributed by atoms with Crippen LogP contribution in [0.25, 0.3) is 0 Å². The monoisotopic (exact) mass is 266 g/mol. The summed E-state index contributed by atoms with van der Waals surface area (Å²) in [5.74, 6) is 0.216. The summed E-state index contributed by atoms with van der Waals surface area (Å²) in [7, 11) is 0. The molecule has 2 atom stereocenters. The predicted octanol–water partition coefficient (Wildman–Crippen LogP) is 2.64. The normalized spacial score (nSPS) is 20.0. The Balaban J connectivity index is 2.05. The van der Waals surface area contributed by atoms with Crippen molar-refractivity contribution in [1.29, 1.82) is 0 Å². The van der Waals surface area contributed by atoms with E-state index in [9.17, 15) is 4.79 Å². The van der Waals surface area contributed by atoms with Gasteiger partial charge in [-0.2, -0.15) is 0 Å². The number of hydrogen-bond donors (Lipinski definition) is 2. The summed E-state index contributed by atoms with van der Waals surface area (Å²) in [6.45, 7) is 3.72. The zero-order chi connectivity index (χ0) is 13.3. The van der Waals surface area contributed by atoms with Crippen LogP contribution in [0.4, 0.5) is 0 Å². The maximum atomic E-state index is 12.2. The van der Waals surface area contributed by atoms with E-state index in [1.165, 1.54) is 0 Å². The Morgan fingerprint density at radius 3 is 2.67 bits per heavy atom. The van der Waals surface area contributed by atoms with Gasteiger partial charge < -0.3 is 11.1 Å². The Morgan fingerprint density at radius 2 is 2.11 bits per heavy atom. The molecule has 4 heteroatoms. The molecular weight excluding hydrogens is 248 g/mol. The number of amides is 1. The van der Waals surface area contributed by atoms with Gasteiger partial charge in [0.05, 0.1) is 11.6 Å². The van der Waals surface area contributed by atoms with Crippen LogP contribution in [0.15, 0.2) is 24.3 Å². The van der Waals surface area contributed by atoms with Crippen LogP contribution < -0.4 is 11.1 Å². The Hall–Kier alpha value is -1.06. The molecule has 0 aliphatic heterocycles. The van der Waals surface area contributed by atoms with E-state index in [0.717, 1.165) is 18.4 Å². The zero-order valence-corrected chi connectivity index (χ0v) is 11.5. The van der Waals surface area contributed by atoms with Gasteiger partial charge in [-0.05, 0) is 44.2 Å². The molecule has 1 aromatic rings. The van der Waals surface area contributed by atoms with Gasteiger partial charge in [-0.1, -0.05) is 29.8 Å². The molecule has 1 fully saturated rings. The van der Waals surface area contributed by atoms with E-state index < -0.39 is 5.54 Å². The lowest BCUT2D eigenvalue weighted by atomic mass is 9.95. The quantitative estimate of drug-likeness (QED) is 0.880. The Bertz CT molecular complexity index is 455. The first-order valence-corrected chi connectivity index (χ1v) is 6.65. The molecule has 1 amide bonds. The fraction of sp³-hybridized carbons (Fsp3) is 0.500.